The second-order valence-corrected chi connectivity index (χ2v) is 11.1. The average Bonchev–Trinajstić information content (AvgIpc) is 2.98. The van der Waals surface area contributed by atoms with E-state index in [1.165, 1.54) is 12.4 Å². The Kier molecular flexibility index (Phi) is 5.60. The van der Waals surface area contributed by atoms with Crippen molar-refractivity contribution in [3.8, 4) is 23.2 Å². The standard InChI is InChI=1S/C16H15F3N5OP3/c1-15(18,19)7-25-13-9(17)2-8(4-22-13)11-6-24-12(5-21-11)10(3-20)23-14(24)16(26,27)28/h2,4-6H,7,26-28H2,1H3. The minimum Gasteiger partial charge on any atom is -0.469 e. The number of pyridine rings is 1. The maximum atomic E-state index is 14.2. The van der Waals surface area contributed by atoms with E-state index in [1.807, 2.05) is 6.07 Å². The molecule has 3 aromatic heterocycles. The molecule has 146 valence electrons. The number of ether oxygens (including phenoxy) is 1. The third-order valence-corrected chi connectivity index (χ3v) is 4.36. The zero-order chi connectivity index (χ0) is 20.7. The number of fused-ring (bicyclic) bond motifs is 1. The molecular formula is C16H15F3N5OP3. The van der Waals surface area contributed by atoms with Gasteiger partial charge in [0.15, 0.2) is 18.1 Å². The van der Waals surface area contributed by atoms with Crippen LogP contribution in [0.15, 0.2) is 24.7 Å². The molecule has 12 heteroatoms. The smallest absolute Gasteiger partial charge is 0.278 e. The van der Waals surface area contributed by atoms with Gasteiger partial charge < -0.3 is 4.74 Å². The number of hydrogen-bond donors (Lipinski definition) is 0. The molecule has 0 saturated carbocycles. The molecule has 0 amide bonds. The molecule has 0 aliphatic heterocycles. The van der Waals surface area contributed by atoms with E-state index in [0.717, 1.165) is 6.07 Å². The van der Waals surface area contributed by atoms with Crippen molar-refractivity contribution in [1.82, 2.24) is 19.4 Å². The van der Waals surface area contributed by atoms with Gasteiger partial charge >= 0.3 is 0 Å². The van der Waals surface area contributed by atoms with Gasteiger partial charge in [-0.05, 0) is 6.07 Å². The molecule has 0 aliphatic carbocycles. The Hall–Kier alpha value is -1.86. The van der Waals surface area contributed by atoms with Crippen LogP contribution in [0.3, 0.4) is 0 Å². The molecule has 3 atom stereocenters. The van der Waals surface area contributed by atoms with Crippen LogP contribution in [-0.4, -0.2) is 31.9 Å². The van der Waals surface area contributed by atoms with E-state index in [4.69, 9.17) is 4.74 Å². The van der Waals surface area contributed by atoms with Gasteiger partial charge in [0, 0.05) is 24.9 Å². The molecule has 28 heavy (non-hydrogen) atoms. The summed E-state index contributed by atoms with van der Waals surface area (Å²) in [6.07, 6.45) is 4.33. The van der Waals surface area contributed by atoms with Crippen molar-refractivity contribution in [2.45, 2.75) is 17.5 Å². The maximum absolute atomic E-state index is 14.2. The van der Waals surface area contributed by atoms with Crippen LogP contribution < -0.4 is 4.74 Å². The highest BCUT2D eigenvalue weighted by Gasteiger charge is 2.25. The monoisotopic (exact) mass is 443 g/mol. The van der Waals surface area contributed by atoms with Gasteiger partial charge in [-0.1, -0.05) is 0 Å². The molecule has 3 unspecified atom stereocenters. The Morgan fingerprint density at radius 3 is 2.54 bits per heavy atom. The lowest BCUT2D eigenvalue weighted by Gasteiger charge is -2.16. The Morgan fingerprint density at radius 2 is 1.96 bits per heavy atom. The third kappa shape index (κ3) is 4.41. The van der Waals surface area contributed by atoms with Crippen molar-refractivity contribution >= 4 is 33.2 Å². The molecule has 3 aromatic rings. The molecule has 0 radical (unpaired) electrons. The number of nitrogens with zero attached hydrogens (tertiary/aromatic N) is 5. The lowest BCUT2D eigenvalue weighted by molar-refractivity contribution is -0.0252. The number of aromatic nitrogens is 4. The van der Waals surface area contributed by atoms with E-state index in [2.05, 4.69) is 42.7 Å². The molecule has 0 spiro atoms. The van der Waals surface area contributed by atoms with E-state index >= 15 is 0 Å². The second-order valence-electron chi connectivity index (χ2n) is 6.23. The fourth-order valence-electron chi connectivity index (χ4n) is 2.39. The summed E-state index contributed by atoms with van der Waals surface area (Å²) in [5, 5.41) is 9.27. The van der Waals surface area contributed by atoms with Crippen molar-refractivity contribution in [2.75, 3.05) is 6.61 Å². The van der Waals surface area contributed by atoms with Gasteiger partial charge in [-0.2, -0.15) is 5.26 Å². The molecular weight excluding hydrogens is 428 g/mol. The van der Waals surface area contributed by atoms with E-state index in [9.17, 15) is 18.4 Å². The van der Waals surface area contributed by atoms with Crippen molar-refractivity contribution in [2.24, 2.45) is 0 Å². The van der Waals surface area contributed by atoms with Crippen LogP contribution in [-0.2, 0) is 4.64 Å². The highest BCUT2D eigenvalue weighted by Crippen LogP contribution is 2.44. The van der Waals surface area contributed by atoms with E-state index in [-0.39, 0.29) is 5.69 Å². The van der Waals surface area contributed by atoms with Gasteiger partial charge in [-0.15, -0.1) is 27.7 Å². The predicted octanol–water partition coefficient (Wildman–Crippen LogP) is 3.57. The summed E-state index contributed by atoms with van der Waals surface area (Å²) in [6, 6.07) is 3.11. The van der Waals surface area contributed by atoms with Crippen LogP contribution in [0.5, 0.6) is 5.88 Å². The first-order valence-corrected chi connectivity index (χ1v) is 9.54. The zero-order valence-corrected chi connectivity index (χ0v) is 18.0. The lowest BCUT2D eigenvalue weighted by Crippen LogP contribution is -2.21. The number of hydrogen-bond acceptors (Lipinski definition) is 5. The van der Waals surface area contributed by atoms with Crippen LogP contribution in [0.25, 0.3) is 16.8 Å². The summed E-state index contributed by atoms with van der Waals surface area (Å²) in [7, 11) is 7.74. The fourth-order valence-corrected chi connectivity index (χ4v) is 3.00. The molecule has 0 saturated heterocycles. The molecule has 0 bridgehead atoms. The molecule has 6 nitrogen and oxygen atoms in total. The molecule has 3 rings (SSSR count). The second kappa shape index (κ2) is 7.52. The maximum Gasteiger partial charge on any atom is 0.278 e. The number of alkyl halides is 2. The fraction of sp³-hybridized carbons (Fsp3) is 0.250. The number of nitriles is 1. The topological polar surface area (TPSA) is 76.1 Å². The van der Waals surface area contributed by atoms with Gasteiger partial charge in [0.25, 0.3) is 11.8 Å². The Morgan fingerprint density at radius 1 is 1.25 bits per heavy atom. The van der Waals surface area contributed by atoms with Gasteiger partial charge in [0.05, 0.1) is 16.5 Å². The first-order chi connectivity index (χ1) is 13.0. The number of halogens is 3. The highest BCUT2D eigenvalue weighted by atomic mass is 31.1. The first-order valence-electron chi connectivity index (χ1n) is 7.81. The van der Waals surface area contributed by atoms with Crippen LogP contribution in [0.1, 0.15) is 18.4 Å². The lowest BCUT2D eigenvalue weighted by atomic mass is 10.2. The average molecular weight is 443 g/mol. The van der Waals surface area contributed by atoms with Gasteiger partial charge in [-0.25, -0.2) is 23.1 Å². The quantitative estimate of drug-likeness (QED) is 0.564. The molecule has 0 aromatic carbocycles. The minimum atomic E-state index is -3.10. The zero-order valence-electron chi connectivity index (χ0n) is 14.5. The summed E-state index contributed by atoms with van der Waals surface area (Å²) < 4.78 is 45.8. The summed E-state index contributed by atoms with van der Waals surface area (Å²) in [5.41, 5.74) is 1.38. The summed E-state index contributed by atoms with van der Waals surface area (Å²) in [4.78, 5) is 12.3. The SMILES string of the molecule is CC(F)(F)COc1ncc(-c2cn3c(C(P)(P)P)nc(C#N)c3cn2)cc1F. The Bertz CT molecular complexity index is 1090. The van der Waals surface area contributed by atoms with Gasteiger partial charge in [0.2, 0.25) is 0 Å². The number of imidazole rings is 1. The van der Waals surface area contributed by atoms with Crippen LogP contribution in [0.4, 0.5) is 13.2 Å². The molecule has 0 N–H and O–H groups in total. The Labute approximate surface area is 165 Å². The molecule has 0 fully saturated rings. The third-order valence-electron chi connectivity index (χ3n) is 3.58. The van der Waals surface area contributed by atoms with Crippen LogP contribution in [0, 0.1) is 17.1 Å². The first kappa shape index (κ1) is 20.9. The van der Waals surface area contributed by atoms with E-state index in [0.29, 0.717) is 29.5 Å². The molecule has 3 heterocycles. The highest BCUT2D eigenvalue weighted by molar-refractivity contribution is 7.56. The van der Waals surface area contributed by atoms with Gasteiger partial charge in [0.1, 0.15) is 17.4 Å². The van der Waals surface area contributed by atoms with Crippen molar-refractivity contribution in [3.05, 3.63) is 42.0 Å². The normalized spacial score (nSPS) is 12.2. The predicted molar refractivity (Wildman–Crippen MR) is 108 cm³/mol. The Balaban J connectivity index is 2.02. The van der Waals surface area contributed by atoms with E-state index < -0.39 is 28.9 Å². The number of rotatable bonds is 5. The minimum absolute atomic E-state index is 0.208. The summed E-state index contributed by atoms with van der Waals surface area (Å²) in [5.74, 6) is -3.96. The van der Waals surface area contributed by atoms with Crippen LogP contribution in [0.2, 0.25) is 0 Å². The van der Waals surface area contributed by atoms with Crippen molar-refractivity contribution in [1.29, 1.82) is 5.26 Å². The summed E-state index contributed by atoms with van der Waals surface area (Å²) >= 11 is 0. The summed E-state index contributed by atoms with van der Waals surface area (Å²) in [6.45, 7) is -0.310. The van der Waals surface area contributed by atoms with Crippen molar-refractivity contribution in [3.63, 3.8) is 0 Å². The molecule has 0 aliphatic rings. The van der Waals surface area contributed by atoms with Crippen molar-refractivity contribution < 1.29 is 17.9 Å². The van der Waals surface area contributed by atoms with Gasteiger partial charge in [-0.3, -0.25) is 9.38 Å². The van der Waals surface area contributed by atoms with Crippen LogP contribution >= 0.6 is 27.7 Å². The van der Waals surface area contributed by atoms with E-state index in [1.54, 1.807) is 10.6 Å². The largest absolute Gasteiger partial charge is 0.469 e.